The van der Waals surface area contributed by atoms with E-state index in [2.05, 4.69) is 13.5 Å². The van der Waals surface area contributed by atoms with Gasteiger partial charge in [-0.15, -0.1) is 30.4 Å². The van der Waals surface area contributed by atoms with Crippen molar-refractivity contribution >= 4 is 6.08 Å². The summed E-state index contributed by atoms with van der Waals surface area (Å²) in [6, 6.07) is 7.91. The maximum Gasteiger partial charge on any atom is 1.00 e. The largest absolute Gasteiger partial charge is 1.00 e. The number of hydrogen-bond donors (Lipinski definition) is 0. The first kappa shape index (κ1) is 9.83. The van der Waals surface area contributed by atoms with Gasteiger partial charge in [0.1, 0.15) is 0 Å². The van der Waals surface area contributed by atoms with Crippen LogP contribution in [-0.4, -0.2) is 0 Å². The maximum atomic E-state index is 3.82. The Bertz CT molecular complexity index is 216. The van der Waals surface area contributed by atoms with Crippen molar-refractivity contribution in [1.29, 1.82) is 0 Å². The maximum absolute atomic E-state index is 3.82. The van der Waals surface area contributed by atoms with Crippen molar-refractivity contribution in [3.05, 3.63) is 48.9 Å². The van der Waals surface area contributed by atoms with Gasteiger partial charge < -0.3 is 0 Å². The van der Waals surface area contributed by atoms with E-state index in [9.17, 15) is 0 Å². The normalized spacial score (nSPS) is 8.00. The van der Waals surface area contributed by atoms with E-state index >= 15 is 0 Å². The average Bonchev–Trinajstić information content (AvgIpc) is 1.89. The molecule has 0 saturated carbocycles. The molecule has 0 radical (unpaired) electrons. The third-order valence-corrected chi connectivity index (χ3v) is 1.28. The Kier molecular flexibility index (Phi) is 4.54. The molecule has 0 aliphatic heterocycles. The molecule has 0 heterocycles. The van der Waals surface area contributed by atoms with E-state index in [-0.39, 0.29) is 29.6 Å². The van der Waals surface area contributed by atoms with E-state index in [1.165, 1.54) is 0 Å². The summed E-state index contributed by atoms with van der Waals surface area (Å²) in [6.45, 7) is 7.47. The molecule has 0 nitrogen and oxygen atoms in total. The van der Waals surface area contributed by atoms with E-state index in [0.717, 1.165) is 11.1 Å². The monoisotopic (exact) mass is 140 g/mol. The van der Waals surface area contributed by atoms with Crippen LogP contribution in [-0.2, 0) is 0 Å². The first-order valence-corrected chi connectivity index (χ1v) is 2.88. The van der Waals surface area contributed by atoms with Crippen molar-refractivity contribution in [2.24, 2.45) is 0 Å². The van der Waals surface area contributed by atoms with Crippen molar-refractivity contribution in [1.82, 2.24) is 0 Å². The fraction of sp³-hybridized carbons (Fsp3) is 0. The molecule has 0 atom stereocenters. The fourth-order valence-electron chi connectivity index (χ4n) is 0.733. The molecule has 0 N–H and O–H groups in total. The average molecular weight is 140 g/mol. The standard InChI is InChI=1S/C9H9.Na/c1-3-9-7-5-4-6-8(9)2;/h3-7H,1-2H2;/q-1;+1. The summed E-state index contributed by atoms with van der Waals surface area (Å²) < 4.78 is 0. The zero-order valence-electron chi connectivity index (χ0n) is 6.30. The molecule has 0 spiro atoms. The topological polar surface area (TPSA) is 0 Å². The summed E-state index contributed by atoms with van der Waals surface area (Å²) in [7, 11) is 0. The van der Waals surface area contributed by atoms with E-state index in [0.29, 0.717) is 0 Å². The van der Waals surface area contributed by atoms with Gasteiger partial charge in [0.2, 0.25) is 0 Å². The van der Waals surface area contributed by atoms with E-state index in [4.69, 9.17) is 0 Å². The molecule has 1 aromatic carbocycles. The minimum absolute atomic E-state index is 0. The van der Waals surface area contributed by atoms with Crippen LogP contribution < -0.4 is 29.6 Å². The van der Waals surface area contributed by atoms with Gasteiger partial charge in [-0.25, -0.2) is 0 Å². The van der Waals surface area contributed by atoms with Crippen molar-refractivity contribution < 1.29 is 29.6 Å². The van der Waals surface area contributed by atoms with Crippen LogP contribution in [0.4, 0.5) is 0 Å². The van der Waals surface area contributed by atoms with Gasteiger partial charge in [0, 0.05) is 0 Å². The number of benzene rings is 1. The molecule has 0 unspecified atom stereocenters. The molecule has 0 aliphatic carbocycles. The SMILES string of the molecule is C=Cc1ccccc1[CH2-].[Na+]. The van der Waals surface area contributed by atoms with Gasteiger partial charge in [-0.1, -0.05) is 6.07 Å². The van der Waals surface area contributed by atoms with Crippen LogP contribution in [0.1, 0.15) is 11.1 Å². The van der Waals surface area contributed by atoms with Crippen LogP contribution in [0.2, 0.25) is 0 Å². The fourth-order valence-corrected chi connectivity index (χ4v) is 0.733. The molecular formula is C9H9Na. The molecule has 0 aliphatic rings. The summed E-state index contributed by atoms with van der Waals surface area (Å²) >= 11 is 0. The summed E-state index contributed by atoms with van der Waals surface area (Å²) in [6.07, 6.45) is 1.81. The van der Waals surface area contributed by atoms with Crippen LogP contribution in [0.3, 0.4) is 0 Å². The third kappa shape index (κ3) is 2.22. The zero-order valence-corrected chi connectivity index (χ0v) is 8.30. The van der Waals surface area contributed by atoms with Gasteiger partial charge >= 0.3 is 29.6 Å². The van der Waals surface area contributed by atoms with Gasteiger partial charge in [0.15, 0.2) is 0 Å². The van der Waals surface area contributed by atoms with Crippen LogP contribution in [0.5, 0.6) is 0 Å². The van der Waals surface area contributed by atoms with Gasteiger partial charge in [-0.3, -0.25) is 0 Å². The summed E-state index contributed by atoms with van der Waals surface area (Å²) in [5, 5.41) is 0. The van der Waals surface area contributed by atoms with Crippen LogP contribution in [0, 0.1) is 6.92 Å². The molecule has 10 heavy (non-hydrogen) atoms. The molecule has 0 fully saturated rings. The predicted octanol–water partition coefficient (Wildman–Crippen LogP) is -0.484. The van der Waals surface area contributed by atoms with Crippen molar-refractivity contribution in [2.75, 3.05) is 0 Å². The van der Waals surface area contributed by atoms with Gasteiger partial charge in [-0.05, 0) is 0 Å². The summed E-state index contributed by atoms with van der Waals surface area (Å²) in [5.41, 5.74) is 2.14. The van der Waals surface area contributed by atoms with Crippen LogP contribution in [0.15, 0.2) is 30.8 Å². The first-order chi connectivity index (χ1) is 4.34. The Balaban J connectivity index is 0.000000810. The van der Waals surface area contributed by atoms with E-state index in [1.54, 1.807) is 0 Å². The molecule has 46 valence electrons. The predicted molar refractivity (Wildman–Crippen MR) is 41.0 cm³/mol. The molecule has 1 heteroatoms. The Morgan fingerprint density at radius 1 is 1.30 bits per heavy atom. The Morgan fingerprint density at radius 3 is 2.30 bits per heavy atom. The van der Waals surface area contributed by atoms with Crippen LogP contribution in [0.25, 0.3) is 6.08 Å². The summed E-state index contributed by atoms with van der Waals surface area (Å²) in [4.78, 5) is 0. The molecule has 0 aromatic heterocycles. The minimum Gasteiger partial charge on any atom is -0.198 e. The quantitative estimate of drug-likeness (QED) is 0.365. The Labute approximate surface area is 84.3 Å². The summed E-state index contributed by atoms with van der Waals surface area (Å²) in [5.74, 6) is 0. The Hall–Kier alpha value is -0.170. The van der Waals surface area contributed by atoms with Crippen molar-refractivity contribution in [3.8, 4) is 0 Å². The van der Waals surface area contributed by atoms with Gasteiger partial charge in [0.25, 0.3) is 0 Å². The second kappa shape index (κ2) is 4.62. The van der Waals surface area contributed by atoms with Crippen molar-refractivity contribution in [3.63, 3.8) is 0 Å². The van der Waals surface area contributed by atoms with Crippen LogP contribution >= 0.6 is 0 Å². The molecule has 1 aromatic rings. The number of rotatable bonds is 1. The second-order valence-electron chi connectivity index (χ2n) is 1.90. The molecule has 0 saturated heterocycles. The number of hydrogen-bond acceptors (Lipinski definition) is 0. The molecule has 0 amide bonds. The molecule has 0 bridgehead atoms. The second-order valence-corrected chi connectivity index (χ2v) is 1.90. The van der Waals surface area contributed by atoms with Gasteiger partial charge in [-0.2, -0.15) is 18.6 Å². The minimum atomic E-state index is 0. The first-order valence-electron chi connectivity index (χ1n) is 2.88. The molecule has 1 rings (SSSR count). The van der Waals surface area contributed by atoms with E-state index < -0.39 is 0 Å². The van der Waals surface area contributed by atoms with Gasteiger partial charge in [0.05, 0.1) is 0 Å². The van der Waals surface area contributed by atoms with E-state index in [1.807, 2.05) is 30.3 Å². The Morgan fingerprint density at radius 2 is 1.90 bits per heavy atom. The molecular weight excluding hydrogens is 131 g/mol. The third-order valence-electron chi connectivity index (χ3n) is 1.28. The zero-order chi connectivity index (χ0) is 6.69. The smallest absolute Gasteiger partial charge is 0.198 e. The van der Waals surface area contributed by atoms with Crippen molar-refractivity contribution in [2.45, 2.75) is 0 Å².